The number of hydrogen-bond donors (Lipinski definition) is 0. The van der Waals surface area contributed by atoms with Crippen molar-refractivity contribution in [2.75, 3.05) is 14.2 Å². The van der Waals surface area contributed by atoms with Crippen LogP contribution < -0.4 is 4.74 Å². The van der Waals surface area contributed by atoms with Crippen molar-refractivity contribution in [3.05, 3.63) is 83.8 Å². The van der Waals surface area contributed by atoms with Gasteiger partial charge in [-0.2, -0.15) is 0 Å². The second-order valence-electron chi connectivity index (χ2n) is 6.80. The lowest BCUT2D eigenvalue weighted by Crippen LogP contribution is -2.26. The maximum absolute atomic E-state index is 12.8. The van der Waals surface area contributed by atoms with E-state index in [2.05, 4.69) is 15.3 Å². The van der Waals surface area contributed by atoms with E-state index in [9.17, 15) is 4.79 Å². The van der Waals surface area contributed by atoms with Gasteiger partial charge in [0, 0.05) is 25.2 Å². The Balaban J connectivity index is 1.46. The molecule has 4 aromatic rings. The zero-order valence-electron chi connectivity index (χ0n) is 16.3. The van der Waals surface area contributed by atoms with Gasteiger partial charge in [-0.1, -0.05) is 35.5 Å². The number of amides is 1. The molecule has 7 nitrogen and oxygen atoms in total. The highest BCUT2D eigenvalue weighted by Gasteiger charge is 2.17. The maximum Gasteiger partial charge on any atom is 0.276 e. The number of nitrogens with zero attached hydrogens (tertiary/aromatic N) is 5. The molecule has 0 N–H and O–H groups in total. The van der Waals surface area contributed by atoms with Crippen LogP contribution in [0.3, 0.4) is 0 Å². The van der Waals surface area contributed by atoms with Gasteiger partial charge < -0.3 is 9.64 Å². The van der Waals surface area contributed by atoms with Crippen molar-refractivity contribution >= 4 is 16.8 Å². The summed E-state index contributed by atoms with van der Waals surface area (Å²) in [7, 11) is 3.40. The van der Waals surface area contributed by atoms with Crippen molar-refractivity contribution in [3.8, 4) is 5.75 Å². The highest BCUT2D eigenvalue weighted by atomic mass is 16.5. The summed E-state index contributed by atoms with van der Waals surface area (Å²) >= 11 is 0. The molecule has 0 unspecified atom stereocenters. The molecule has 0 saturated carbocycles. The van der Waals surface area contributed by atoms with Crippen molar-refractivity contribution in [1.82, 2.24) is 24.9 Å². The summed E-state index contributed by atoms with van der Waals surface area (Å²) in [6.45, 7) is 0.996. The number of rotatable bonds is 6. The van der Waals surface area contributed by atoms with E-state index in [0.29, 0.717) is 18.8 Å². The fourth-order valence-corrected chi connectivity index (χ4v) is 3.21. The van der Waals surface area contributed by atoms with Crippen molar-refractivity contribution in [3.63, 3.8) is 0 Å². The number of para-hydroxylation sites is 1. The molecule has 2 aromatic carbocycles. The smallest absolute Gasteiger partial charge is 0.276 e. The van der Waals surface area contributed by atoms with Crippen LogP contribution in [0.25, 0.3) is 10.9 Å². The molecule has 0 spiro atoms. The molecule has 0 aliphatic heterocycles. The molecule has 0 atom stereocenters. The first-order chi connectivity index (χ1) is 14.1. The minimum absolute atomic E-state index is 0.174. The first-order valence-electron chi connectivity index (χ1n) is 9.25. The van der Waals surface area contributed by atoms with Crippen molar-refractivity contribution < 1.29 is 9.53 Å². The first kappa shape index (κ1) is 18.6. The molecule has 146 valence electrons. The molecular formula is C22H21N5O2. The van der Waals surface area contributed by atoms with E-state index in [-0.39, 0.29) is 5.91 Å². The molecule has 2 aromatic heterocycles. The van der Waals surface area contributed by atoms with Gasteiger partial charge in [0.1, 0.15) is 5.75 Å². The van der Waals surface area contributed by atoms with E-state index in [4.69, 9.17) is 4.74 Å². The Morgan fingerprint density at radius 3 is 2.69 bits per heavy atom. The average molecular weight is 387 g/mol. The monoisotopic (exact) mass is 387 g/mol. The highest BCUT2D eigenvalue weighted by molar-refractivity contribution is 5.92. The Kier molecular flexibility index (Phi) is 5.20. The van der Waals surface area contributed by atoms with Crippen molar-refractivity contribution in [2.24, 2.45) is 0 Å². The van der Waals surface area contributed by atoms with Gasteiger partial charge in [0.2, 0.25) is 0 Å². The summed E-state index contributed by atoms with van der Waals surface area (Å²) in [6.07, 6.45) is 3.44. The number of aromatic nitrogens is 4. The Labute approximate surface area is 168 Å². The lowest BCUT2D eigenvalue weighted by atomic mass is 10.1. The minimum Gasteiger partial charge on any atom is -0.497 e. The number of benzene rings is 2. The van der Waals surface area contributed by atoms with Gasteiger partial charge in [-0.05, 0) is 35.4 Å². The summed E-state index contributed by atoms with van der Waals surface area (Å²) in [5.41, 5.74) is 3.32. The number of hydrogen-bond acceptors (Lipinski definition) is 5. The molecule has 0 radical (unpaired) electrons. The van der Waals surface area contributed by atoms with Crippen LogP contribution in [0.5, 0.6) is 5.75 Å². The number of carbonyl (C=O) groups excluding carboxylic acids is 1. The lowest BCUT2D eigenvalue weighted by molar-refractivity contribution is 0.0779. The third kappa shape index (κ3) is 4.08. The zero-order chi connectivity index (χ0) is 20.2. The standard InChI is InChI=1S/C22H21N5O2/c1-26(14-17-11-12-23-20-6-4-3-5-19(17)20)22(28)21-15-27(25-24-21)13-16-7-9-18(29-2)10-8-16/h3-12,15H,13-14H2,1-2H3. The number of fused-ring (bicyclic) bond motifs is 1. The van der Waals surface area contributed by atoms with Crippen molar-refractivity contribution in [2.45, 2.75) is 13.1 Å². The quantitative estimate of drug-likeness (QED) is 0.508. The predicted octanol–water partition coefficient (Wildman–Crippen LogP) is 3.16. The number of methoxy groups -OCH3 is 1. The fraction of sp³-hybridized carbons (Fsp3) is 0.182. The molecule has 29 heavy (non-hydrogen) atoms. The molecule has 0 aliphatic carbocycles. The minimum atomic E-state index is -0.174. The molecule has 0 bridgehead atoms. The Bertz CT molecular complexity index is 1130. The zero-order valence-corrected chi connectivity index (χ0v) is 16.3. The fourth-order valence-electron chi connectivity index (χ4n) is 3.21. The molecule has 7 heteroatoms. The summed E-state index contributed by atoms with van der Waals surface area (Å²) < 4.78 is 6.83. The summed E-state index contributed by atoms with van der Waals surface area (Å²) in [5.74, 6) is 0.625. The van der Waals surface area contributed by atoms with Gasteiger partial charge in [-0.15, -0.1) is 5.10 Å². The third-order valence-corrected chi connectivity index (χ3v) is 4.75. The molecule has 4 rings (SSSR count). The van der Waals surface area contributed by atoms with Crippen LogP contribution in [0.2, 0.25) is 0 Å². The molecule has 0 fully saturated rings. The number of pyridine rings is 1. The van der Waals surface area contributed by atoms with E-state index >= 15 is 0 Å². The van der Waals surface area contributed by atoms with Crippen molar-refractivity contribution in [1.29, 1.82) is 0 Å². The Hall–Kier alpha value is -3.74. The summed E-state index contributed by atoms with van der Waals surface area (Å²) in [4.78, 5) is 18.8. The van der Waals surface area contributed by atoms with Crippen LogP contribution in [0.1, 0.15) is 21.6 Å². The van der Waals surface area contributed by atoms with Gasteiger partial charge >= 0.3 is 0 Å². The van der Waals surface area contributed by atoms with Crippen LogP contribution in [-0.2, 0) is 13.1 Å². The van der Waals surface area contributed by atoms with Crippen LogP contribution in [0.4, 0.5) is 0 Å². The molecule has 2 heterocycles. The highest BCUT2D eigenvalue weighted by Crippen LogP contribution is 2.18. The van der Waals surface area contributed by atoms with Gasteiger partial charge in [0.25, 0.3) is 5.91 Å². The molecular weight excluding hydrogens is 366 g/mol. The van der Waals surface area contributed by atoms with E-state index in [1.165, 1.54) is 0 Å². The van der Waals surface area contributed by atoms with Gasteiger partial charge in [0.15, 0.2) is 5.69 Å². The number of ether oxygens (including phenoxy) is 1. The molecule has 0 saturated heterocycles. The summed E-state index contributed by atoms with van der Waals surface area (Å²) in [6, 6.07) is 17.6. The predicted molar refractivity (Wildman–Crippen MR) is 110 cm³/mol. The van der Waals surface area contributed by atoms with E-state index in [1.807, 2.05) is 54.6 Å². The Morgan fingerprint density at radius 2 is 1.90 bits per heavy atom. The van der Waals surface area contributed by atoms with Gasteiger partial charge in [0.05, 0.1) is 25.4 Å². The largest absolute Gasteiger partial charge is 0.497 e. The van der Waals surface area contributed by atoms with Crippen LogP contribution in [0, 0.1) is 0 Å². The van der Waals surface area contributed by atoms with E-state index in [1.54, 1.807) is 36.1 Å². The van der Waals surface area contributed by atoms with E-state index < -0.39 is 0 Å². The maximum atomic E-state index is 12.8. The van der Waals surface area contributed by atoms with Gasteiger partial charge in [-0.25, -0.2) is 4.68 Å². The topological polar surface area (TPSA) is 73.1 Å². The Morgan fingerprint density at radius 1 is 1.10 bits per heavy atom. The van der Waals surface area contributed by atoms with Crippen LogP contribution in [0.15, 0.2) is 67.0 Å². The second-order valence-corrected chi connectivity index (χ2v) is 6.80. The SMILES string of the molecule is COc1ccc(Cn2cc(C(=O)N(C)Cc3ccnc4ccccc34)nn2)cc1. The lowest BCUT2D eigenvalue weighted by Gasteiger charge is -2.16. The van der Waals surface area contributed by atoms with Gasteiger partial charge in [-0.3, -0.25) is 9.78 Å². The average Bonchev–Trinajstić information content (AvgIpc) is 3.22. The van der Waals surface area contributed by atoms with Crippen LogP contribution in [-0.4, -0.2) is 44.9 Å². The van der Waals surface area contributed by atoms with Crippen LogP contribution >= 0.6 is 0 Å². The third-order valence-electron chi connectivity index (χ3n) is 4.75. The normalized spacial score (nSPS) is 10.8. The summed E-state index contributed by atoms with van der Waals surface area (Å²) in [5, 5.41) is 9.19. The first-order valence-corrected chi connectivity index (χ1v) is 9.25. The molecule has 0 aliphatic rings. The number of carbonyl (C=O) groups is 1. The molecule has 1 amide bonds. The second kappa shape index (κ2) is 8.10. The van der Waals surface area contributed by atoms with E-state index in [0.717, 1.165) is 27.8 Å².